The summed E-state index contributed by atoms with van der Waals surface area (Å²) in [5.41, 5.74) is 0.385. The normalized spacial score (nSPS) is 29.0. The molecule has 0 aromatic carbocycles. The lowest BCUT2D eigenvalue weighted by atomic mass is 10.0. The van der Waals surface area contributed by atoms with Crippen molar-refractivity contribution in [1.29, 1.82) is 0 Å². The molecule has 2 saturated heterocycles. The lowest BCUT2D eigenvalue weighted by Gasteiger charge is -2.37. The number of guanidine groups is 1. The molecular weight excluding hydrogens is 318 g/mol. The van der Waals surface area contributed by atoms with E-state index in [4.69, 9.17) is 19.2 Å². The van der Waals surface area contributed by atoms with E-state index < -0.39 is 0 Å². The lowest BCUT2D eigenvalue weighted by Crippen LogP contribution is -2.53. The summed E-state index contributed by atoms with van der Waals surface area (Å²) in [6, 6.07) is 0. The van der Waals surface area contributed by atoms with Crippen LogP contribution >= 0.6 is 0 Å². The predicted octanol–water partition coefficient (Wildman–Crippen LogP) is 2.04. The first kappa shape index (κ1) is 18.9. The SMILES string of the molecule is CCNC(=NCC1(CCOCC)CC1)N1CCOC(C2CCCO2)C1. The molecule has 144 valence electrons. The number of morpholine rings is 1. The average Bonchev–Trinajstić information content (AvgIpc) is 3.19. The smallest absolute Gasteiger partial charge is 0.194 e. The Kier molecular flexibility index (Phi) is 6.96. The highest BCUT2D eigenvalue weighted by molar-refractivity contribution is 5.80. The highest BCUT2D eigenvalue weighted by atomic mass is 16.5. The Bertz CT molecular complexity index is 434. The zero-order valence-corrected chi connectivity index (χ0v) is 16.0. The Labute approximate surface area is 152 Å². The molecule has 2 heterocycles. The molecule has 3 fully saturated rings. The summed E-state index contributed by atoms with van der Waals surface area (Å²) in [5, 5.41) is 3.48. The Morgan fingerprint density at radius 1 is 1.24 bits per heavy atom. The van der Waals surface area contributed by atoms with Gasteiger partial charge in [-0.3, -0.25) is 4.99 Å². The van der Waals surface area contributed by atoms with E-state index in [1.165, 1.54) is 12.8 Å². The van der Waals surface area contributed by atoms with Gasteiger partial charge in [0.25, 0.3) is 0 Å². The second-order valence-electron chi connectivity index (χ2n) is 7.52. The van der Waals surface area contributed by atoms with Crippen molar-refractivity contribution in [3.8, 4) is 0 Å². The third-order valence-corrected chi connectivity index (χ3v) is 5.61. The third-order valence-electron chi connectivity index (χ3n) is 5.61. The van der Waals surface area contributed by atoms with Gasteiger partial charge >= 0.3 is 0 Å². The van der Waals surface area contributed by atoms with E-state index in [2.05, 4.69) is 24.1 Å². The molecule has 0 bridgehead atoms. The van der Waals surface area contributed by atoms with Gasteiger partial charge in [-0.25, -0.2) is 0 Å². The summed E-state index contributed by atoms with van der Waals surface area (Å²) in [6.07, 6.45) is 6.40. The summed E-state index contributed by atoms with van der Waals surface area (Å²) in [7, 11) is 0. The summed E-state index contributed by atoms with van der Waals surface area (Å²) < 4.78 is 17.4. The van der Waals surface area contributed by atoms with Gasteiger partial charge in [0.2, 0.25) is 0 Å². The van der Waals surface area contributed by atoms with Crippen LogP contribution in [0.25, 0.3) is 0 Å². The van der Waals surface area contributed by atoms with Crippen LogP contribution in [-0.2, 0) is 14.2 Å². The third kappa shape index (κ3) is 5.31. The molecule has 6 heteroatoms. The van der Waals surface area contributed by atoms with Crippen molar-refractivity contribution in [2.45, 2.75) is 58.2 Å². The number of nitrogens with one attached hydrogen (secondary N) is 1. The fourth-order valence-corrected chi connectivity index (χ4v) is 3.75. The van der Waals surface area contributed by atoms with Crippen LogP contribution in [0, 0.1) is 5.41 Å². The largest absolute Gasteiger partial charge is 0.382 e. The second-order valence-corrected chi connectivity index (χ2v) is 7.52. The van der Waals surface area contributed by atoms with Crippen molar-refractivity contribution < 1.29 is 14.2 Å². The molecule has 3 rings (SSSR count). The molecule has 0 radical (unpaired) electrons. The van der Waals surface area contributed by atoms with Crippen LogP contribution < -0.4 is 5.32 Å². The van der Waals surface area contributed by atoms with Gasteiger partial charge in [0, 0.05) is 46.0 Å². The van der Waals surface area contributed by atoms with Crippen molar-refractivity contribution in [2.24, 2.45) is 10.4 Å². The molecule has 0 aromatic heterocycles. The van der Waals surface area contributed by atoms with Crippen molar-refractivity contribution >= 4 is 5.96 Å². The van der Waals surface area contributed by atoms with Crippen LogP contribution in [0.3, 0.4) is 0 Å². The van der Waals surface area contributed by atoms with Crippen LogP contribution in [0.5, 0.6) is 0 Å². The molecule has 0 amide bonds. The maximum Gasteiger partial charge on any atom is 0.194 e. The Morgan fingerprint density at radius 2 is 2.08 bits per heavy atom. The highest BCUT2D eigenvalue weighted by Gasteiger charge is 2.42. The molecule has 2 atom stereocenters. The van der Waals surface area contributed by atoms with Crippen molar-refractivity contribution in [3.05, 3.63) is 0 Å². The van der Waals surface area contributed by atoms with E-state index >= 15 is 0 Å². The highest BCUT2D eigenvalue weighted by Crippen LogP contribution is 2.49. The molecule has 25 heavy (non-hydrogen) atoms. The molecule has 1 N–H and O–H groups in total. The second kappa shape index (κ2) is 9.19. The molecule has 2 unspecified atom stereocenters. The quantitative estimate of drug-likeness (QED) is 0.411. The number of nitrogens with zero attached hydrogens (tertiary/aromatic N) is 2. The summed E-state index contributed by atoms with van der Waals surface area (Å²) in [5.74, 6) is 1.04. The number of rotatable bonds is 8. The molecule has 0 spiro atoms. The summed E-state index contributed by atoms with van der Waals surface area (Å²) >= 11 is 0. The number of ether oxygens (including phenoxy) is 3. The van der Waals surface area contributed by atoms with E-state index in [0.717, 1.165) is 77.8 Å². The van der Waals surface area contributed by atoms with Crippen molar-refractivity contribution in [2.75, 3.05) is 52.6 Å². The Balaban J connectivity index is 1.55. The van der Waals surface area contributed by atoms with Crippen LogP contribution in [-0.4, -0.2) is 75.7 Å². The molecule has 1 aliphatic carbocycles. The zero-order chi connectivity index (χ0) is 17.5. The maximum absolute atomic E-state index is 5.98. The zero-order valence-electron chi connectivity index (χ0n) is 16.0. The van der Waals surface area contributed by atoms with Gasteiger partial charge in [-0.15, -0.1) is 0 Å². The van der Waals surface area contributed by atoms with Crippen molar-refractivity contribution in [1.82, 2.24) is 10.2 Å². The molecule has 3 aliphatic rings. The van der Waals surface area contributed by atoms with Crippen LogP contribution in [0.1, 0.15) is 46.0 Å². The first-order chi connectivity index (χ1) is 12.3. The van der Waals surface area contributed by atoms with Gasteiger partial charge in [-0.05, 0) is 51.4 Å². The van der Waals surface area contributed by atoms with Gasteiger partial charge in [0.1, 0.15) is 6.10 Å². The monoisotopic (exact) mass is 353 g/mol. The number of aliphatic imine (C=N–C) groups is 1. The van der Waals surface area contributed by atoms with Crippen LogP contribution in [0.15, 0.2) is 4.99 Å². The molecular formula is C19H35N3O3. The van der Waals surface area contributed by atoms with E-state index in [-0.39, 0.29) is 12.2 Å². The molecule has 0 aromatic rings. The fraction of sp³-hybridized carbons (Fsp3) is 0.947. The minimum atomic E-state index is 0.174. The fourth-order valence-electron chi connectivity index (χ4n) is 3.75. The minimum absolute atomic E-state index is 0.174. The summed E-state index contributed by atoms with van der Waals surface area (Å²) in [4.78, 5) is 7.35. The van der Waals surface area contributed by atoms with Gasteiger partial charge in [-0.1, -0.05) is 0 Å². The Morgan fingerprint density at radius 3 is 2.76 bits per heavy atom. The lowest BCUT2D eigenvalue weighted by molar-refractivity contribution is -0.0817. The summed E-state index contributed by atoms with van der Waals surface area (Å²) in [6.45, 7) is 11.1. The van der Waals surface area contributed by atoms with E-state index in [1.54, 1.807) is 0 Å². The number of hydrogen-bond acceptors (Lipinski definition) is 4. The molecule has 6 nitrogen and oxygen atoms in total. The minimum Gasteiger partial charge on any atom is -0.382 e. The van der Waals surface area contributed by atoms with Crippen LogP contribution in [0.4, 0.5) is 0 Å². The van der Waals surface area contributed by atoms with E-state index in [0.29, 0.717) is 5.41 Å². The maximum atomic E-state index is 5.98. The number of hydrogen-bond donors (Lipinski definition) is 1. The standard InChI is InChI=1S/C19H35N3O3/c1-3-20-18(21-15-19(7-8-19)9-12-23-4-2)22-10-13-25-17(14-22)16-6-5-11-24-16/h16-17H,3-15H2,1-2H3,(H,20,21). The molecule has 1 saturated carbocycles. The van der Waals surface area contributed by atoms with Gasteiger partial charge in [0.15, 0.2) is 5.96 Å². The molecule has 2 aliphatic heterocycles. The topological polar surface area (TPSA) is 55.3 Å². The van der Waals surface area contributed by atoms with Gasteiger partial charge < -0.3 is 24.4 Å². The first-order valence-electron chi connectivity index (χ1n) is 10.1. The van der Waals surface area contributed by atoms with Gasteiger partial charge in [-0.2, -0.15) is 0 Å². The van der Waals surface area contributed by atoms with Crippen molar-refractivity contribution in [3.63, 3.8) is 0 Å². The predicted molar refractivity (Wildman–Crippen MR) is 99.0 cm³/mol. The average molecular weight is 354 g/mol. The van der Waals surface area contributed by atoms with Crippen LogP contribution in [0.2, 0.25) is 0 Å². The van der Waals surface area contributed by atoms with Gasteiger partial charge in [0.05, 0.1) is 12.7 Å². The van der Waals surface area contributed by atoms with E-state index in [9.17, 15) is 0 Å². The Hall–Kier alpha value is -0.850. The first-order valence-corrected chi connectivity index (χ1v) is 10.1. The van der Waals surface area contributed by atoms with E-state index in [1.807, 2.05) is 0 Å².